The quantitative estimate of drug-likeness (QED) is 0.779. The second-order valence-corrected chi connectivity index (χ2v) is 5.09. The van der Waals surface area contributed by atoms with Gasteiger partial charge in [-0.15, -0.1) is 0 Å². The van der Waals surface area contributed by atoms with E-state index in [9.17, 15) is 4.39 Å². The number of nitrogen functional groups attached to an aromatic ring is 1. The number of ether oxygens (including phenoxy) is 1. The molecular formula is C14H11BrFN3O. The highest BCUT2D eigenvalue weighted by atomic mass is 79.9. The molecule has 1 heterocycles. The number of fused-ring (bicyclic) bond motifs is 1. The lowest BCUT2D eigenvalue weighted by Crippen LogP contribution is -2.02. The molecule has 1 aromatic heterocycles. The van der Waals surface area contributed by atoms with Crippen LogP contribution in [0.5, 0.6) is 5.75 Å². The minimum atomic E-state index is -0.367. The normalized spacial score (nSPS) is 10.9. The van der Waals surface area contributed by atoms with E-state index in [4.69, 9.17) is 10.5 Å². The van der Waals surface area contributed by atoms with E-state index in [0.717, 1.165) is 5.69 Å². The van der Waals surface area contributed by atoms with Crippen LogP contribution in [0.25, 0.3) is 16.7 Å². The van der Waals surface area contributed by atoms with Gasteiger partial charge in [0.2, 0.25) is 5.95 Å². The van der Waals surface area contributed by atoms with Crippen molar-refractivity contribution in [2.75, 3.05) is 12.8 Å². The van der Waals surface area contributed by atoms with Crippen molar-refractivity contribution in [3.8, 4) is 11.4 Å². The highest BCUT2D eigenvalue weighted by Crippen LogP contribution is 2.31. The standard InChI is InChI=1S/C14H11BrFN3O/c1-20-13-5-3-2-4-11(13)19-12-7-9(16)8(15)6-10(12)18-14(19)17/h2-7H,1H3,(H2,17,18). The number of aromatic nitrogens is 2. The van der Waals surface area contributed by atoms with Crippen molar-refractivity contribution >= 4 is 32.9 Å². The van der Waals surface area contributed by atoms with E-state index in [0.29, 0.717) is 21.3 Å². The number of rotatable bonds is 2. The average Bonchev–Trinajstić information content (AvgIpc) is 2.74. The summed E-state index contributed by atoms with van der Waals surface area (Å²) < 4.78 is 21.1. The zero-order chi connectivity index (χ0) is 14.3. The van der Waals surface area contributed by atoms with Crippen LogP contribution < -0.4 is 10.5 Å². The largest absolute Gasteiger partial charge is 0.495 e. The molecule has 0 atom stereocenters. The molecule has 0 saturated heterocycles. The number of anilines is 1. The molecule has 0 unspecified atom stereocenters. The Hall–Kier alpha value is -2.08. The van der Waals surface area contributed by atoms with Gasteiger partial charge in [-0.3, -0.25) is 4.57 Å². The van der Waals surface area contributed by atoms with Gasteiger partial charge >= 0.3 is 0 Å². The number of nitrogens with two attached hydrogens (primary N) is 1. The fourth-order valence-electron chi connectivity index (χ4n) is 2.16. The van der Waals surface area contributed by atoms with Crippen molar-refractivity contribution in [1.29, 1.82) is 0 Å². The van der Waals surface area contributed by atoms with Gasteiger partial charge in [-0.25, -0.2) is 9.37 Å². The van der Waals surface area contributed by atoms with E-state index in [2.05, 4.69) is 20.9 Å². The molecule has 6 heteroatoms. The maximum atomic E-state index is 13.8. The minimum Gasteiger partial charge on any atom is -0.495 e. The molecule has 3 rings (SSSR count). The average molecular weight is 336 g/mol. The summed E-state index contributed by atoms with van der Waals surface area (Å²) in [6.07, 6.45) is 0. The molecule has 0 spiro atoms. The summed E-state index contributed by atoms with van der Waals surface area (Å²) in [5.41, 5.74) is 7.89. The SMILES string of the molecule is COc1ccccc1-n1c(N)nc2cc(Br)c(F)cc21. The van der Waals surface area contributed by atoms with Crippen molar-refractivity contribution in [3.05, 3.63) is 46.7 Å². The van der Waals surface area contributed by atoms with Gasteiger partial charge in [-0.2, -0.15) is 0 Å². The summed E-state index contributed by atoms with van der Waals surface area (Å²) in [6, 6.07) is 10.4. The molecule has 0 saturated carbocycles. The third-order valence-electron chi connectivity index (χ3n) is 3.05. The Morgan fingerprint density at radius 1 is 1.30 bits per heavy atom. The second kappa shape index (κ2) is 4.79. The number of nitrogens with zero attached hydrogens (tertiary/aromatic N) is 2. The zero-order valence-corrected chi connectivity index (χ0v) is 12.2. The van der Waals surface area contributed by atoms with Gasteiger partial charge in [0.15, 0.2) is 0 Å². The van der Waals surface area contributed by atoms with Crippen molar-refractivity contribution in [2.24, 2.45) is 0 Å². The van der Waals surface area contributed by atoms with Crippen molar-refractivity contribution in [3.63, 3.8) is 0 Å². The van der Waals surface area contributed by atoms with Gasteiger partial charge in [-0.1, -0.05) is 12.1 Å². The summed E-state index contributed by atoms with van der Waals surface area (Å²) in [6.45, 7) is 0. The van der Waals surface area contributed by atoms with Gasteiger partial charge in [0.25, 0.3) is 0 Å². The Morgan fingerprint density at radius 2 is 2.05 bits per heavy atom. The van der Waals surface area contributed by atoms with Crippen LogP contribution in [0.1, 0.15) is 0 Å². The molecule has 0 fully saturated rings. The van der Waals surface area contributed by atoms with Gasteiger partial charge in [-0.05, 0) is 34.1 Å². The zero-order valence-electron chi connectivity index (χ0n) is 10.6. The monoisotopic (exact) mass is 335 g/mol. The highest BCUT2D eigenvalue weighted by molar-refractivity contribution is 9.10. The van der Waals surface area contributed by atoms with Crippen LogP contribution in [0.15, 0.2) is 40.9 Å². The second-order valence-electron chi connectivity index (χ2n) is 4.23. The van der Waals surface area contributed by atoms with Crippen LogP contribution in [0, 0.1) is 5.82 Å². The Kier molecular flexibility index (Phi) is 3.10. The Morgan fingerprint density at radius 3 is 2.80 bits per heavy atom. The molecule has 0 amide bonds. The first-order valence-electron chi connectivity index (χ1n) is 5.88. The Bertz CT molecular complexity index is 800. The molecule has 2 N–H and O–H groups in total. The van der Waals surface area contributed by atoms with Crippen LogP contribution in [-0.4, -0.2) is 16.7 Å². The lowest BCUT2D eigenvalue weighted by atomic mass is 10.2. The molecule has 20 heavy (non-hydrogen) atoms. The van der Waals surface area contributed by atoms with E-state index in [1.165, 1.54) is 6.07 Å². The number of benzene rings is 2. The van der Waals surface area contributed by atoms with Crippen LogP contribution in [0.3, 0.4) is 0 Å². The first kappa shape index (κ1) is 12.9. The summed E-state index contributed by atoms with van der Waals surface area (Å²) in [7, 11) is 1.57. The maximum absolute atomic E-state index is 13.8. The Balaban J connectivity index is 2.36. The van der Waals surface area contributed by atoms with Crippen molar-refractivity contribution < 1.29 is 9.13 Å². The molecule has 2 aromatic carbocycles. The van der Waals surface area contributed by atoms with Crippen molar-refractivity contribution in [1.82, 2.24) is 9.55 Å². The fraction of sp³-hybridized carbons (Fsp3) is 0.0714. The number of hydrogen-bond acceptors (Lipinski definition) is 3. The van der Waals surface area contributed by atoms with E-state index in [-0.39, 0.29) is 11.8 Å². The lowest BCUT2D eigenvalue weighted by Gasteiger charge is -2.11. The smallest absolute Gasteiger partial charge is 0.206 e. The van der Waals surface area contributed by atoms with E-state index < -0.39 is 0 Å². The third-order valence-corrected chi connectivity index (χ3v) is 3.66. The maximum Gasteiger partial charge on any atom is 0.206 e. The van der Waals surface area contributed by atoms with Crippen LogP contribution in [-0.2, 0) is 0 Å². The minimum absolute atomic E-state index is 0.280. The molecule has 4 nitrogen and oxygen atoms in total. The lowest BCUT2D eigenvalue weighted by molar-refractivity contribution is 0.413. The molecule has 0 aliphatic carbocycles. The number of imidazole rings is 1. The highest BCUT2D eigenvalue weighted by Gasteiger charge is 2.15. The van der Waals surface area contributed by atoms with Gasteiger partial charge in [0, 0.05) is 6.07 Å². The first-order chi connectivity index (χ1) is 9.61. The summed E-state index contributed by atoms with van der Waals surface area (Å²) in [4.78, 5) is 4.26. The number of halogens is 2. The molecule has 0 aliphatic heterocycles. The molecule has 0 aliphatic rings. The first-order valence-corrected chi connectivity index (χ1v) is 6.67. The predicted octanol–water partition coefficient (Wildman–Crippen LogP) is 3.52. The summed E-state index contributed by atoms with van der Waals surface area (Å²) >= 11 is 3.14. The number of methoxy groups -OCH3 is 1. The van der Waals surface area contributed by atoms with Crippen LogP contribution in [0.4, 0.5) is 10.3 Å². The summed E-state index contributed by atoms with van der Waals surface area (Å²) in [5.74, 6) is 0.553. The number of hydrogen-bond donors (Lipinski definition) is 1. The van der Waals surface area contributed by atoms with E-state index in [1.54, 1.807) is 17.7 Å². The predicted molar refractivity (Wildman–Crippen MR) is 79.7 cm³/mol. The molecule has 0 bridgehead atoms. The fourth-order valence-corrected chi connectivity index (χ4v) is 2.49. The molecular weight excluding hydrogens is 325 g/mol. The van der Waals surface area contributed by atoms with E-state index >= 15 is 0 Å². The van der Waals surface area contributed by atoms with Gasteiger partial charge in [0.1, 0.15) is 11.6 Å². The summed E-state index contributed by atoms with van der Waals surface area (Å²) in [5, 5.41) is 0. The van der Waals surface area contributed by atoms with Gasteiger partial charge in [0.05, 0.1) is 28.3 Å². The van der Waals surface area contributed by atoms with Crippen molar-refractivity contribution in [2.45, 2.75) is 0 Å². The topological polar surface area (TPSA) is 53.1 Å². The molecule has 0 radical (unpaired) electrons. The third kappa shape index (κ3) is 1.92. The molecule has 3 aromatic rings. The van der Waals surface area contributed by atoms with Gasteiger partial charge < -0.3 is 10.5 Å². The van der Waals surface area contributed by atoms with Crippen LogP contribution >= 0.6 is 15.9 Å². The number of para-hydroxylation sites is 2. The van der Waals surface area contributed by atoms with E-state index in [1.807, 2.05) is 24.3 Å². The van der Waals surface area contributed by atoms with Crippen LogP contribution in [0.2, 0.25) is 0 Å². The molecule has 102 valence electrons. The Labute approximate surface area is 123 Å².